The summed E-state index contributed by atoms with van der Waals surface area (Å²) in [5.74, 6) is 0. The van der Waals surface area contributed by atoms with Crippen LogP contribution in [0.25, 0.3) is 5.13 Å². The largest absolute Gasteiger partial charge is 0.450 e. The van der Waals surface area contributed by atoms with Gasteiger partial charge in [0.25, 0.3) is 0 Å². The predicted molar refractivity (Wildman–Crippen MR) is 110 cm³/mol. The lowest BCUT2D eigenvalue weighted by Gasteiger charge is -2.43. The molecule has 4 heterocycles. The standard InChI is InChI=1S/C20H29N5O2S/c1-2-27-20(26)24-12-10-23(11-13-24)17-5-3-8-22(15-17)16-18-6-4-9-25(18)19-21-7-14-28-19/h4,6-7,9,14,17H,2-3,5,8,10-13,15-16H2,1H3. The van der Waals surface area contributed by atoms with Gasteiger partial charge in [0.2, 0.25) is 0 Å². The van der Waals surface area contributed by atoms with Crippen molar-refractivity contribution in [3.63, 3.8) is 0 Å². The Labute approximate surface area is 170 Å². The second-order valence-electron chi connectivity index (χ2n) is 7.44. The Morgan fingerprint density at radius 2 is 2.14 bits per heavy atom. The van der Waals surface area contributed by atoms with Crippen LogP contribution in [0.3, 0.4) is 0 Å². The van der Waals surface area contributed by atoms with Gasteiger partial charge in [-0.2, -0.15) is 0 Å². The zero-order chi connectivity index (χ0) is 19.3. The van der Waals surface area contributed by atoms with Gasteiger partial charge in [0.1, 0.15) is 0 Å². The number of piperidine rings is 1. The Kier molecular flexibility index (Phi) is 6.29. The summed E-state index contributed by atoms with van der Waals surface area (Å²) in [7, 11) is 0. The maximum Gasteiger partial charge on any atom is 0.409 e. The molecule has 8 heteroatoms. The molecule has 0 saturated carbocycles. The Hall–Kier alpha value is -1.90. The normalized spacial score (nSPS) is 21.8. The maximum atomic E-state index is 11.9. The SMILES string of the molecule is CCOC(=O)N1CCN(C2CCCN(Cc3cccn3-c3nccs3)C2)CC1. The van der Waals surface area contributed by atoms with Crippen molar-refractivity contribution in [2.45, 2.75) is 32.4 Å². The third kappa shape index (κ3) is 4.39. The minimum Gasteiger partial charge on any atom is -0.450 e. The molecule has 2 aromatic heterocycles. The molecule has 1 amide bonds. The highest BCUT2D eigenvalue weighted by Crippen LogP contribution is 2.22. The average Bonchev–Trinajstić information content (AvgIpc) is 3.40. The Morgan fingerprint density at radius 3 is 2.89 bits per heavy atom. The van der Waals surface area contributed by atoms with Crippen molar-refractivity contribution in [3.05, 3.63) is 35.6 Å². The van der Waals surface area contributed by atoms with E-state index >= 15 is 0 Å². The zero-order valence-electron chi connectivity index (χ0n) is 16.5. The van der Waals surface area contributed by atoms with Gasteiger partial charge in [-0.1, -0.05) is 0 Å². The molecule has 2 aromatic rings. The quantitative estimate of drug-likeness (QED) is 0.768. The molecule has 28 heavy (non-hydrogen) atoms. The Bertz CT molecular complexity index is 754. The third-order valence-electron chi connectivity index (χ3n) is 5.68. The van der Waals surface area contributed by atoms with E-state index in [1.807, 2.05) is 23.4 Å². The molecule has 0 radical (unpaired) electrons. The highest BCUT2D eigenvalue weighted by Gasteiger charge is 2.30. The Balaban J connectivity index is 1.32. The van der Waals surface area contributed by atoms with Gasteiger partial charge in [-0.05, 0) is 38.4 Å². The van der Waals surface area contributed by atoms with Crippen LogP contribution < -0.4 is 0 Å². The number of rotatable bonds is 5. The molecule has 1 atom stereocenters. The first-order chi connectivity index (χ1) is 13.7. The van der Waals surface area contributed by atoms with Crippen molar-refractivity contribution in [3.8, 4) is 5.13 Å². The summed E-state index contributed by atoms with van der Waals surface area (Å²) < 4.78 is 7.33. The molecule has 0 spiro atoms. The number of thiazole rings is 1. The molecular weight excluding hydrogens is 374 g/mol. The lowest BCUT2D eigenvalue weighted by Crippen LogP contribution is -2.55. The molecule has 2 aliphatic heterocycles. The van der Waals surface area contributed by atoms with E-state index in [1.54, 1.807) is 11.3 Å². The summed E-state index contributed by atoms with van der Waals surface area (Å²) in [6.07, 6.45) is 6.25. The van der Waals surface area contributed by atoms with Crippen LogP contribution in [0, 0.1) is 0 Å². The predicted octanol–water partition coefficient (Wildman–Crippen LogP) is 2.67. The summed E-state index contributed by atoms with van der Waals surface area (Å²) in [6, 6.07) is 4.87. The van der Waals surface area contributed by atoms with Crippen LogP contribution in [0.2, 0.25) is 0 Å². The number of piperazine rings is 1. The summed E-state index contributed by atoms with van der Waals surface area (Å²) in [5.41, 5.74) is 1.29. The fourth-order valence-corrected chi connectivity index (χ4v) is 4.91. The first-order valence-electron chi connectivity index (χ1n) is 10.2. The third-order valence-corrected chi connectivity index (χ3v) is 6.45. The molecule has 0 bridgehead atoms. The summed E-state index contributed by atoms with van der Waals surface area (Å²) in [4.78, 5) is 23.3. The molecule has 2 aliphatic rings. The van der Waals surface area contributed by atoms with E-state index in [1.165, 1.54) is 18.5 Å². The molecule has 4 rings (SSSR count). The van der Waals surface area contributed by atoms with E-state index in [0.717, 1.165) is 50.9 Å². The summed E-state index contributed by atoms with van der Waals surface area (Å²) in [5, 5.41) is 3.05. The van der Waals surface area contributed by atoms with Gasteiger partial charge in [0.15, 0.2) is 5.13 Å². The van der Waals surface area contributed by atoms with Crippen molar-refractivity contribution in [2.24, 2.45) is 0 Å². The van der Waals surface area contributed by atoms with E-state index in [0.29, 0.717) is 12.6 Å². The van der Waals surface area contributed by atoms with Gasteiger partial charge in [-0.15, -0.1) is 11.3 Å². The second-order valence-corrected chi connectivity index (χ2v) is 8.31. The van der Waals surface area contributed by atoms with Crippen LogP contribution in [0.1, 0.15) is 25.5 Å². The topological polar surface area (TPSA) is 53.8 Å². The molecular formula is C20H29N5O2S. The van der Waals surface area contributed by atoms with Gasteiger partial charge in [0, 0.05) is 68.8 Å². The van der Waals surface area contributed by atoms with Gasteiger partial charge in [0.05, 0.1) is 6.61 Å². The van der Waals surface area contributed by atoms with Gasteiger partial charge in [-0.25, -0.2) is 9.78 Å². The Morgan fingerprint density at radius 1 is 1.29 bits per heavy atom. The van der Waals surface area contributed by atoms with Crippen LogP contribution in [-0.4, -0.2) is 82.3 Å². The second kappa shape index (κ2) is 9.07. The lowest BCUT2D eigenvalue weighted by molar-refractivity contribution is 0.0409. The smallest absolute Gasteiger partial charge is 0.409 e. The molecule has 0 aliphatic carbocycles. The highest BCUT2D eigenvalue weighted by atomic mass is 32.1. The number of carbonyl (C=O) groups is 1. The van der Waals surface area contributed by atoms with E-state index in [-0.39, 0.29) is 6.09 Å². The minimum absolute atomic E-state index is 0.171. The highest BCUT2D eigenvalue weighted by molar-refractivity contribution is 7.12. The number of aromatic nitrogens is 2. The van der Waals surface area contributed by atoms with Crippen LogP contribution in [-0.2, 0) is 11.3 Å². The minimum atomic E-state index is -0.171. The van der Waals surface area contributed by atoms with E-state index in [9.17, 15) is 4.79 Å². The van der Waals surface area contributed by atoms with Crippen LogP contribution in [0.15, 0.2) is 29.9 Å². The number of carbonyl (C=O) groups excluding carboxylic acids is 1. The number of ether oxygens (including phenoxy) is 1. The molecule has 7 nitrogen and oxygen atoms in total. The molecule has 2 fully saturated rings. The number of likely N-dealkylation sites (tertiary alicyclic amines) is 1. The monoisotopic (exact) mass is 403 g/mol. The van der Waals surface area contributed by atoms with Crippen LogP contribution >= 0.6 is 11.3 Å². The van der Waals surface area contributed by atoms with Crippen LogP contribution in [0.5, 0.6) is 0 Å². The average molecular weight is 404 g/mol. The fraction of sp³-hybridized carbons (Fsp3) is 0.600. The summed E-state index contributed by atoms with van der Waals surface area (Å²) >= 11 is 1.67. The van der Waals surface area contributed by atoms with Crippen molar-refractivity contribution < 1.29 is 9.53 Å². The van der Waals surface area contributed by atoms with Gasteiger partial charge in [-0.3, -0.25) is 14.4 Å². The number of nitrogens with zero attached hydrogens (tertiary/aromatic N) is 5. The zero-order valence-corrected chi connectivity index (χ0v) is 17.3. The molecule has 2 saturated heterocycles. The first kappa shape index (κ1) is 19.4. The number of amides is 1. The fourth-order valence-electron chi connectivity index (χ4n) is 4.25. The van der Waals surface area contributed by atoms with Crippen molar-refractivity contribution in [1.82, 2.24) is 24.3 Å². The number of hydrogen-bond donors (Lipinski definition) is 0. The van der Waals surface area contributed by atoms with E-state index in [4.69, 9.17) is 4.74 Å². The van der Waals surface area contributed by atoms with Gasteiger partial charge < -0.3 is 9.64 Å². The van der Waals surface area contributed by atoms with Crippen molar-refractivity contribution in [1.29, 1.82) is 0 Å². The molecule has 152 valence electrons. The van der Waals surface area contributed by atoms with Gasteiger partial charge >= 0.3 is 6.09 Å². The molecule has 0 N–H and O–H groups in total. The maximum absolute atomic E-state index is 11.9. The summed E-state index contributed by atoms with van der Waals surface area (Å²) in [6.45, 7) is 8.88. The number of hydrogen-bond acceptors (Lipinski definition) is 6. The lowest BCUT2D eigenvalue weighted by atomic mass is 10.0. The first-order valence-corrected chi connectivity index (χ1v) is 11.1. The van der Waals surface area contributed by atoms with Crippen LogP contribution in [0.4, 0.5) is 4.79 Å². The van der Waals surface area contributed by atoms with Crippen molar-refractivity contribution in [2.75, 3.05) is 45.9 Å². The molecule has 1 unspecified atom stereocenters. The molecule has 0 aromatic carbocycles. The van der Waals surface area contributed by atoms with Crippen molar-refractivity contribution >= 4 is 17.4 Å². The van der Waals surface area contributed by atoms with E-state index in [2.05, 4.69) is 37.7 Å². The van der Waals surface area contributed by atoms with E-state index < -0.39 is 0 Å².